The van der Waals surface area contributed by atoms with Gasteiger partial charge in [0, 0.05) is 5.02 Å². The van der Waals surface area contributed by atoms with Crippen LogP contribution >= 0.6 is 22.9 Å². The summed E-state index contributed by atoms with van der Waals surface area (Å²) in [6.45, 7) is 12.1. The molecule has 230 valence electrons. The molecule has 0 unspecified atom stereocenters. The lowest BCUT2D eigenvalue weighted by atomic mass is 9.91. The van der Waals surface area contributed by atoms with Gasteiger partial charge in [0.25, 0.3) is 0 Å². The standard InChI is InChI=1S/C30H39ClN2O7S2/c1-7-37-22-12-13-24-25(16-22)41-27(32-24)42(35,36)17-20-10-11-21(23(31)15-20)9-8-14-30(18-38-29(5,6)39-19-30)33-26(34)40-28(2,3)4/h10-13,15-16H,7-9,14,17-19H2,1-6H3,(H,33,34). The van der Waals surface area contributed by atoms with Crippen molar-refractivity contribution in [3.05, 3.63) is 52.5 Å². The Kier molecular flexibility index (Phi) is 9.79. The van der Waals surface area contributed by atoms with Gasteiger partial charge in [-0.25, -0.2) is 18.2 Å². The highest BCUT2D eigenvalue weighted by Crippen LogP contribution is 2.32. The van der Waals surface area contributed by atoms with Crippen LogP contribution < -0.4 is 10.1 Å². The lowest BCUT2D eigenvalue weighted by molar-refractivity contribution is -0.271. The summed E-state index contributed by atoms with van der Waals surface area (Å²) in [5, 5.41) is 3.46. The van der Waals surface area contributed by atoms with Crippen molar-refractivity contribution >= 4 is 49.1 Å². The minimum Gasteiger partial charge on any atom is -0.494 e. The van der Waals surface area contributed by atoms with Crippen molar-refractivity contribution in [2.45, 2.75) is 87.8 Å². The molecule has 1 aliphatic heterocycles. The second kappa shape index (κ2) is 12.7. The summed E-state index contributed by atoms with van der Waals surface area (Å²) in [7, 11) is -3.68. The second-order valence-corrected chi connectivity index (χ2v) is 15.6. The van der Waals surface area contributed by atoms with Gasteiger partial charge in [-0.2, -0.15) is 0 Å². The maximum absolute atomic E-state index is 13.2. The van der Waals surface area contributed by atoms with E-state index in [1.165, 1.54) is 0 Å². The van der Waals surface area contributed by atoms with Crippen LogP contribution in [0.15, 0.2) is 40.7 Å². The van der Waals surface area contributed by atoms with Crippen molar-refractivity contribution in [1.82, 2.24) is 10.3 Å². The maximum Gasteiger partial charge on any atom is 0.408 e. The van der Waals surface area contributed by atoms with Crippen LogP contribution in [0.25, 0.3) is 10.2 Å². The summed E-state index contributed by atoms with van der Waals surface area (Å²) < 4.78 is 50.0. The molecule has 1 N–H and O–H groups in total. The fraction of sp³-hybridized carbons (Fsp3) is 0.533. The summed E-state index contributed by atoms with van der Waals surface area (Å²) in [6, 6.07) is 10.7. The van der Waals surface area contributed by atoms with E-state index in [0.29, 0.717) is 47.7 Å². The summed E-state index contributed by atoms with van der Waals surface area (Å²) >= 11 is 7.74. The number of rotatable bonds is 10. The summed E-state index contributed by atoms with van der Waals surface area (Å²) in [6.07, 6.45) is 1.33. The molecule has 4 rings (SSSR count). The monoisotopic (exact) mass is 638 g/mol. The summed E-state index contributed by atoms with van der Waals surface area (Å²) in [5.41, 5.74) is 0.693. The number of ether oxygens (including phenoxy) is 4. The number of halogens is 1. The van der Waals surface area contributed by atoms with E-state index in [9.17, 15) is 13.2 Å². The molecular weight excluding hydrogens is 600 g/mol. The van der Waals surface area contributed by atoms with Crippen LogP contribution in [0.1, 0.15) is 65.5 Å². The predicted molar refractivity (Wildman–Crippen MR) is 164 cm³/mol. The van der Waals surface area contributed by atoms with Crippen molar-refractivity contribution < 1.29 is 32.2 Å². The molecule has 9 nitrogen and oxygen atoms in total. The number of aromatic nitrogens is 1. The number of hydrogen-bond acceptors (Lipinski definition) is 9. The number of nitrogens with zero attached hydrogens (tertiary/aromatic N) is 1. The number of thiazole rings is 1. The third kappa shape index (κ3) is 8.57. The Hall–Kier alpha value is -2.44. The zero-order valence-electron chi connectivity index (χ0n) is 24.9. The average Bonchev–Trinajstić information content (AvgIpc) is 3.31. The molecule has 0 radical (unpaired) electrons. The Morgan fingerprint density at radius 3 is 2.50 bits per heavy atom. The van der Waals surface area contributed by atoms with E-state index in [4.69, 9.17) is 30.5 Å². The Labute approximate surface area is 256 Å². The molecule has 1 saturated heterocycles. The van der Waals surface area contributed by atoms with Crippen molar-refractivity contribution in [3.63, 3.8) is 0 Å². The first-order valence-corrected chi connectivity index (χ1v) is 16.8. The van der Waals surface area contributed by atoms with Gasteiger partial charge >= 0.3 is 6.09 Å². The molecule has 2 aromatic carbocycles. The van der Waals surface area contributed by atoms with Gasteiger partial charge in [0.1, 0.15) is 11.4 Å². The maximum atomic E-state index is 13.2. The van der Waals surface area contributed by atoms with Crippen LogP contribution in [0.3, 0.4) is 0 Å². The number of amides is 1. The number of hydrogen-bond donors (Lipinski definition) is 1. The molecule has 0 aliphatic carbocycles. The van der Waals surface area contributed by atoms with Crippen molar-refractivity contribution in [2.24, 2.45) is 0 Å². The lowest BCUT2D eigenvalue weighted by Gasteiger charge is -2.44. The van der Waals surface area contributed by atoms with Crippen molar-refractivity contribution in [3.8, 4) is 5.75 Å². The number of carbonyl (C=O) groups is 1. The molecule has 1 aliphatic rings. The molecule has 0 spiro atoms. The second-order valence-electron chi connectivity index (χ2n) is 12.0. The lowest BCUT2D eigenvalue weighted by Crippen LogP contribution is -2.61. The van der Waals surface area contributed by atoms with Gasteiger partial charge in [-0.15, -0.1) is 11.3 Å². The van der Waals surface area contributed by atoms with E-state index in [0.717, 1.165) is 21.6 Å². The summed E-state index contributed by atoms with van der Waals surface area (Å²) in [4.78, 5) is 16.9. The third-order valence-electron chi connectivity index (χ3n) is 6.65. The highest BCUT2D eigenvalue weighted by Gasteiger charge is 2.41. The molecule has 12 heteroatoms. The van der Waals surface area contributed by atoms with Crippen LogP contribution in [-0.2, 0) is 36.2 Å². The molecule has 0 saturated carbocycles. The minimum absolute atomic E-state index is 0.0641. The van der Waals surface area contributed by atoms with Crippen LogP contribution in [0.4, 0.5) is 4.79 Å². The van der Waals surface area contributed by atoms with Crippen LogP contribution in [-0.4, -0.2) is 56.2 Å². The number of aryl methyl sites for hydroxylation is 1. The van der Waals surface area contributed by atoms with Gasteiger partial charge in [-0.05, 0) is 96.2 Å². The van der Waals surface area contributed by atoms with Gasteiger partial charge in [0.15, 0.2) is 5.79 Å². The Morgan fingerprint density at radius 1 is 1.14 bits per heavy atom. The number of benzene rings is 2. The Bertz CT molecular complexity index is 1520. The topological polar surface area (TPSA) is 113 Å². The first kappa shape index (κ1) is 32.5. The molecule has 0 bridgehead atoms. The van der Waals surface area contributed by atoms with Gasteiger partial charge in [0.05, 0.1) is 41.3 Å². The number of fused-ring (bicyclic) bond motifs is 1. The molecule has 1 fully saturated rings. The van der Waals surface area contributed by atoms with Gasteiger partial charge in [-0.1, -0.05) is 23.7 Å². The minimum atomic E-state index is -3.68. The number of alkyl carbamates (subject to hydrolysis) is 1. The van der Waals surface area contributed by atoms with Crippen LogP contribution in [0.2, 0.25) is 5.02 Å². The number of carbonyl (C=O) groups excluding carboxylic acids is 1. The van der Waals surface area contributed by atoms with Crippen LogP contribution in [0.5, 0.6) is 5.75 Å². The first-order valence-electron chi connectivity index (χ1n) is 13.9. The molecule has 1 aromatic heterocycles. The van der Waals surface area contributed by atoms with E-state index in [-0.39, 0.29) is 23.3 Å². The largest absolute Gasteiger partial charge is 0.494 e. The average molecular weight is 639 g/mol. The zero-order valence-corrected chi connectivity index (χ0v) is 27.3. The van der Waals surface area contributed by atoms with Crippen molar-refractivity contribution in [1.29, 1.82) is 0 Å². The molecule has 3 aromatic rings. The normalized spacial score (nSPS) is 16.7. The highest BCUT2D eigenvalue weighted by molar-refractivity contribution is 7.92. The van der Waals surface area contributed by atoms with E-state index in [2.05, 4.69) is 10.3 Å². The van der Waals surface area contributed by atoms with Crippen LogP contribution in [0, 0.1) is 0 Å². The summed E-state index contributed by atoms with van der Waals surface area (Å²) in [5.74, 6) is -0.270. The van der Waals surface area contributed by atoms with Gasteiger partial charge < -0.3 is 24.3 Å². The molecule has 42 heavy (non-hydrogen) atoms. The van der Waals surface area contributed by atoms with Gasteiger partial charge in [0.2, 0.25) is 14.2 Å². The number of nitrogens with one attached hydrogen (secondary N) is 1. The quantitative estimate of drug-likeness (QED) is 0.261. The molecule has 2 heterocycles. The van der Waals surface area contributed by atoms with E-state index < -0.39 is 32.9 Å². The van der Waals surface area contributed by atoms with Crippen molar-refractivity contribution in [2.75, 3.05) is 19.8 Å². The van der Waals surface area contributed by atoms with E-state index in [1.54, 1.807) is 30.3 Å². The third-order valence-corrected chi connectivity index (χ3v) is 10.2. The highest BCUT2D eigenvalue weighted by atomic mass is 35.5. The Morgan fingerprint density at radius 2 is 1.86 bits per heavy atom. The molecular formula is C30H39ClN2O7S2. The van der Waals surface area contributed by atoms with E-state index >= 15 is 0 Å². The Balaban J connectivity index is 1.40. The smallest absolute Gasteiger partial charge is 0.408 e. The SMILES string of the molecule is CCOc1ccc2nc(S(=O)(=O)Cc3ccc(CCCC4(NC(=O)OC(C)(C)C)COC(C)(C)OC4)c(Cl)c3)sc2c1. The predicted octanol–water partition coefficient (Wildman–Crippen LogP) is 6.69. The molecule has 0 atom stereocenters. The fourth-order valence-corrected chi connectivity index (χ4v) is 7.52. The van der Waals surface area contributed by atoms with E-state index in [1.807, 2.05) is 47.6 Å². The fourth-order valence-electron chi connectivity index (χ4n) is 4.56. The first-order chi connectivity index (χ1) is 19.6. The molecule has 1 amide bonds. The zero-order chi connectivity index (χ0) is 30.8. The number of sulfone groups is 1. The van der Waals surface area contributed by atoms with Gasteiger partial charge in [-0.3, -0.25) is 0 Å².